The van der Waals surface area contributed by atoms with Gasteiger partial charge in [-0.2, -0.15) is 0 Å². The maximum absolute atomic E-state index is 5.33. The van der Waals surface area contributed by atoms with Crippen LogP contribution in [-0.2, 0) is 4.74 Å². The SMILES string of the molecule is CCOCCCNC(=NC)NCCCN1CC(C)CC(C)C1.I. The molecule has 2 unspecified atom stereocenters. The molecule has 1 rings (SSSR count). The van der Waals surface area contributed by atoms with E-state index in [1.54, 1.807) is 0 Å². The lowest BCUT2D eigenvalue weighted by Gasteiger charge is -2.35. The van der Waals surface area contributed by atoms with Gasteiger partial charge in [0.05, 0.1) is 0 Å². The van der Waals surface area contributed by atoms with E-state index in [0.717, 1.165) is 50.5 Å². The van der Waals surface area contributed by atoms with Crippen LogP contribution >= 0.6 is 24.0 Å². The van der Waals surface area contributed by atoms with Crippen molar-refractivity contribution in [3.05, 3.63) is 0 Å². The van der Waals surface area contributed by atoms with Crippen molar-refractivity contribution < 1.29 is 4.74 Å². The van der Waals surface area contributed by atoms with Crippen molar-refractivity contribution in [2.45, 2.75) is 40.0 Å². The highest BCUT2D eigenvalue weighted by molar-refractivity contribution is 14.0. The molecule has 0 spiro atoms. The van der Waals surface area contributed by atoms with Crippen LogP contribution in [0.15, 0.2) is 4.99 Å². The molecule has 0 aromatic rings. The van der Waals surface area contributed by atoms with Crippen molar-refractivity contribution in [1.82, 2.24) is 15.5 Å². The lowest BCUT2D eigenvalue weighted by molar-refractivity contribution is 0.140. The summed E-state index contributed by atoms with van der Waals surface area (Å²) in [7, 11) is 1.83. The van der Waals surface area contributed by atoms with Crippen LogP contribution in [0, 0.1) is 11.8 Å². The Bertz CT molecular complexity index is 305. The summed E-state index contributed by atoms with van der Waals surface area (Å²) in [6, 6.07) is 0. The second-order valence-corrected chi connectivity index (χ2v) is 6.54. The number of hydrogen-bond acceptors (Lipinski definition) is 3. The molecule has 6 heteroatoms. The molecule has 5 nitrogen and oxygen atoms in total. The smallest absolute Gasteiger partial charge is 0.190 e. The van der Waals surface area contributed by atoms with Crippen molar-refractivity contribution in [2.24, 2.45) is 16.8 Å². The highest BCUT2D eigenvalue weighted by Gasteiger charge is 2.20. The topological polar surface area (TPSA) is 48.9 Å². The predicted molar refractivity (Wildman–Crippen MR) is 110 cm³/mol. The number of halogens is 1. The van der Waals surface area contributed by atoms with Crippen LogP contribution in [0.3, 0.4) is 0 Å². The van der Waals surface area contributed by atoms with Gasteiger partial charge in [-0.15, -0.1) is 24.0 Å². The van der Waals surface area contributed by atoms with Gasteiger partial charge in [-0.3, -0.25) is 4.99 Å². The van der Waals surface area contributed by atoms with Crippen LogP contribution in [-0.4, -0.2) is 63.8 Å². The highest BCUT2D eigenvalue weighted by Crippen LogP contribution is 2.20. The highest BCUT2D eigenvalue weighted by atomic mass is 127. The Morgan fingerprint density at radius 2 is 1.74 bits per heavy atom. The molecule has 0 aromatic heterocycles. The Morgan fingerprint density at radius 3 is 2.30 bits per heavy atom. The number of nitrogens with one attached hydrogen (secondary N) is 2. The zero-order valence-electron chi connectivity index (χ0n) is 15.4. The number of piperidine rings is 1. The van der Waals surface area contributed by atoms with E-state index in [4.69, 9.17) is 4.74 Å². The van der Waals surface area contributed by atoms with Gasteiger partial charge in [0.25, 0.3) is 0 Å². The molecule has 23 heavy (non-hydrogen) atoms. The minimum absolute atomic E-state index is 0. The monoisotopic (exact) mass is 440 g/mol. The van der Waals surface area contributed by atoms with E-state index in [-0.39, 0.29) is 24.0 Å². The van der Waals surface area contributed by atoms with Crippen LogP contribution in [0.25, 0.3) is 0 Å². The summed E-state index contributed by atoms with van der Waals surface area (Å²) in [5.74, 6) is 2.59. The van der Waals surface area contributed by atoms with Crippen molar-refractivity contribution in [1.29, 1.82) is 0 Å². The molecule has 0 aliphatic carbocycles. The zero-order chi connectivity index (χ0) is 16.2. The first-order chi connectivity index (χ1) is 10.7. The van der Waals surface area contributed by atoms with Crippen LogP contribution < -0.4 is 10.6 Å². The Hall–Kier alpha value is -0.0800. The summed E-state index contributed by atoms with van der Waals surface area (Å²) >= 11 is 0. The molecule has 0 aromatic carbocycles. The average molecular weight is 440 g/mol. The fourth-order valence-electron chi connectivity index (χ4n) is 3.23. The molecular formula is C17H37IN4O. The van der Waals surface area contributed by atoms with E-state index in [0.29, 0.717) is 0 Å². The third-order valence-corrected chi connectivity index (χ3v) is 4.07. The third kappa shape index (κ3) is 11.2. The third-order valence-electron chi connectivity index (χ3n) is 4.07. The van der Waals surface area contributed by atoms with Gasteiger partial charge in [-0.1, -0.05) is 13.8 Å². The molecule has 0 amide bonds. The normalized spacial score (nSPS) is 22.5. The van der Waals surface area contributed by atoms with E-state index in [9.17, 15) is 0 Å². The predicted octanol–water partition coefficient (Wildman–Crippen LogP) is 2.56. The average Bonchev–Trinajstić information content (AvgIpc) is 2.48. The Kier molecular flexibility index (Phi) is 14.2. The number of aliphatic imine (C=N–C) groups is 1. The van der Waals surface area contributed by atoms with Crippen LogP contribution in [0.4, 0.5) is 0 Å². The standard InChI is InChI=1S/C17H36N4O.HI/c1-5-22-11-7-9-20-17(18-4)19-8-6-10-21-13-15(2)12-16(3)14-21;/h15-16H,5-14H2,1-4H3,(H2,18,19,20);1H. The van der Waals surface area contributed by atoms with Gasteiger partial charge < -0.3 is 20.3 Å². The largest absolute Gasteiger partial charge is 0.382 e. The van der Waals surface area contributed by atoms with E-state index in [1.807, 2.05) is 14.0 Å². The van der Waals surface area contributed by atoms with Crippen molar-refractivity contribution in [2.75, 3.05) is 53.0 Å². The van der Waals surface area contributed by atoms with E-state index in [2.05, 4.69) is 34.4 Å². The summed E-state index contributed by atoms with van der Waals surface area (Å²) in [5.41, 5.74) is 0. The second-order valence-electron chi connectivity index (χ2n) is 6.54. The lowest BCUT2D eigenvalue weighted by Crippen LogP contribution is -2.42. The van der Waals surface area contributed by atoms with Gasteiger partial charge in [0.1, 0.15) is 0 Å². The van der Waals surface area contributed by atoms with E-state index < -0.39 is 0 Å². The van der Waals surface area contributed by atoms with Gasteiger partial charge in [-0.05, 0) is 44.6 Å². The minimum atomic E-state index is 0. The fraction of sp³-hybridized carbons (Fsp3) is 0.941. The molecule has 0 bridgehead atoms. The summed E-state index contributed by atoms with van der Waals surface area (Å²) in [6.45, 7) is 14.0. The molecule has 0 radical (unpaired) electrons. The number of ether oxygens (including phenoxy) is 1. The van der Waals surface area contributed by atoms with Gasteiger partial charge >= 0.3 is 0 Å². The Labute approximate surface area is 160 Å². The number of nitrogens with zero attached hydrogens (tertiary/aromatic N) is 2. The molecule has 1 heterocycles. The van der Waals surface area contributed by atoms with Crippen molar-refractivity contribution in [3.8, 4) is 0 Å². The van der Waals surface area contributed by atoms with Gasteiger partial charge in [0.2, 0.25) is 0 Å². The van der Waals surface area contributed by atoms with E-state index in [1.165, 1.54) is 32.5 Å². The molecule has 1 fully saturated rings. The number of likely N-dealkylation sites (tertiary alicyclic amines) is 1. The molecule has 1 aliphatic heterocycles. The number of hydrogen-bond donors (Lipinski definition) is 2. The minimum Gasteiger partial charge on any atom is -0.382 e. The molecule has 138 valence electrons. The maximum atomic E-state index is 5.33. The first-order valence-electron chi connectivity index (χ1n) is 8.90. The summed E-state index contributed by atoms with van der Waals surface area (Å²) in [4.78, 5) is 6.86. The van der Waals surface area contributed by atoms with Crippen LogP contribution in [0.1, 0.15) is 40.0 Å². The maximum Gasteiger partial charge on any atom is 0.190 e. The van der Waals surface area contributed by atoms with Crippen LogP contribution in [0.5, 0.6) is 0 Å². The zero-order valence-corrected chi connectivity index (χ0v) is 17.8. The Balaban J connectivity index is 0.00000484. The number of rotatable bonds is 9. The van der Waals surface area contributed by atoms with Crippen molar-refractivity contribution in [3.63, 3.8) is 0 Å². The summed E-state index contributed by atoms with van der Waals surface area (Å²) < 4.78 is 5.33. The second kappa shape index (κ2) is 14.3. The first kappa shape index (κ1) is 22.9. The van der Waals surface area contributed by atoms with Gasteiger partial charge in [0.15, 0.2) is 5.96 Å². The molecule has 1 saturated heterocycles. The van der Waals surface area contributed by atoms with E-state index >= 15 is 0 Å². The molecule has 1 aliphatic rings. The Morgan fingerprint density at radius 1 is 1.13 bits per heavy atom. The quantitative estimate of drug-likeness (QED) is 0.251. The first-order valence-corrected chi connectivity index (χ1v) is 8.90. The fourth-order valence-corrected chi connectivity index (χ4v) is 3.23. The number of guanidine groups is 1. The van der Waals surface area contributed by atoms with Crippen LogP contribution in [0.2, 0.25) is 0 Å². The molecule has 0 saturated carbocycles. The van der Waals surface area contributed by atoms with Gasteiger partial charge in [0, 0.05) is 46.4 Å². The summed E-state index contributed by atoms with van der Waals surface area (Å²) in [6.07, 6.45) is 3.56. The molecule has 2 N–H and O–H groups in total. The molecular weight excluding hydrogens is 403 g/mol. The lowest BCUT2D eigenvalue weighted by atomic mass is 9.92. The summed E-state index contributed by atoms with van der Waals surface area (Å²) in [5, 5.41) is 6.72. The molecule has 2 atom stereocenters. The van der Waals surface area contributed by atoms with Crippen molar-refractivity contribution >= 4 is 29.9 Å². The van der Waals surface area contributed by atoms with Gasteiger partial charge in [-0.25, -0.2) is 0 Å².